The molecule has 0 aliphatic carbocycles. The molecule has 6 aliphatic rings. The van der Waals surface area contributed by atoms with Gasteiger partial charge in [0.25, 0.3) is 20.1 Å². The van der Waals surface area contributed by atoms with Crippen molar-refractivity contribution in [2.75, 3.05) is 29.4 Å². The zero-order valence-electron chi connectivity index (χ0n) is 54.0. The average Bonchev–Trinajstić information content (AvgIpc) is 0.661. The molecule has 0 spiro atoms. The highest BCUT2D eigenvalue weighted by Gasteiger charge is 2.55. The highest BCUT2D eigenvalue weighted by molar-refractivity contribution is 7.07. The van der Waals surface area contributed by atoms with Crippen LogP contribution in [-0.4, -0.2) is 20.1 Å². The van der Waals surface area contributed by atoms with Crippen LogP contribution in [0.3, 0.4) is 0 Å². The quantitative estimate of drug-likeness (QED) is 0.126. The molecule has 6 nitrogen and oxygen atoms in total. The van der Waals surface area contributed by atoms with Crippen LogP contribution in [-0.2, 0) is 0 Å². The van der Waals surface area contributed by atoms with Crippen LogP contribution in [0.5, 0.6) is 0 Å². The Labute approximate surface area is 577 Å². The number of rotatable bonds is 10. The van der Waals surface area contributed by atoms with Gasteiger partial charge in [0.2, 0.25) is 0 Å². The normalized spacial score (nSPS) is 13.3. The molecule has 0 N–H and O–H groups in total. The Kier molecular flexibility index (Phi) is 12.3. The van der Waals surface area contributed by atoms with Gasteiger partial charge in [-0.1, -0.05) is 237 Å². The van der Waals surface area contributed by atoms with E-state index in [4.69, 9.17) is 0 Å². The second-order valence-electron chi connectivity index (χ2n) is 26.7. The molecule has 6 aliphatic heterocycles. The first-order valence-corrected chi connectivity index (χ1v) is 34.4. The Balaban J connectivity index is 0.934. The number of anilines is 18. The molecule has 15 aromatic rings. The summed E-state index contributed by atoms with van der Waals surface area (Å²) in [5.41, 5.74) is 36.8. The van der Waals surface area contributed by atoms with Crippen LogP contribution < -0.4 is 78.6 Å². The summed E-state index contributed by atoms with van der Waals surface area (Å²) in [7, 11) is 0. The van der Waals surface area contributed by atoms with Crippen LogP contribution in [0.1, 0.15) is 0 Å². The molecular formula is C90H59B3N6. The van der Waals surface area contributed by atoms with Gasteiger partial charge in [0.1, 0.15) is 0 Å². The second kappa shape index (κ2) is 21.9. The molecule has 0 saturated heterocycles. The van der Waals surface area contributed by atoms with Crippen molar-refractivity contribution in [3.8, 4) is 22.3 Å². The van der Waals surface area contributed by atoms with E-state index in [-0.39, 0.29) is 20.1 Å². The van der Waals surface area contributed by atoms with Crippen LogP contribution in [0.2, 0.25) is 0 Å². The summed E-state index contributed by atoms with van der Waals surface area (Å²) in [4.78, 5) is 15.5. The molecule has 15 aromatic carbocycles. The minimum atomic E-state index is -0.182. The summed E-state index contributed by atoms with van der Waals surface area (Å²) in [6.07, 6.45) is 0. The third-order valence-electron chi connectivity index (χ3n) is 21.5. The predicted octanol–water partition coefficient (Wildman–Crippen LogP) is 17.3. The summed E-state index contributed by atoms with van der Waals surface area (Å²) in [5.74, 6) is 0. The first kappa shape index (κ1) is 55.6. The summed E-state index contributed by atoms with van der Waals surface area (Å²) < 4.78 is 0. The lowest BCUT2D eigenvalue weighted by molar-refractivity contribution is 1.21. The monoisotopic (exact) mass is 1260 g/mol. The molecule has 458 valence electrons. The van der Waals surface area contributed by atoms with Crippen molar-refractivity contribution in [1.82, 2.24) is 0 Å². The number of benzene rings is 15. The molecule has 0 unspecified atom stereocenters. The van der Waals surface area contributed by atoms with Crippen molar-refractivity contribution in [2.24, 2.45) is 0 Å². The van der Waals surface area contributed by atoms with Gasteiger partial charge in [-0.05, 0) is 193 Å². The zero-order valence-corrected chi connectivity index (χ0v) is 54.0. The molecule has 0 atom stereocenters. The minimum Gasteiger partial charge on any atom is -0.312 e. The largest absolute Gasteiger partial charge is 0.312 e. The summed E-state index contributed by atoms with van der Waals surface area (Å²) in [6, 6.07) is 134. The van der Waals surface area contributed by atoms with Gasteiger partial charge in [-0.2, -0.15) is 0 Å². The minimum absolute atomic E-state index is 0.177. The Hall–Kier alpha value is -12.7. The Morgan fingerprint density at radius 1 is 0.182 bits per heavy atom. The Morgan fingerprint density at radius 3 is 0.838 bits per heavy atom. The van der Waals surface area contributed by atoms with Crippen LogP contribution in [0, 0.1) is 0 Å². The lowest BCUT2D eigenvalue weighted by atomic mass is 9.25. The maximum atomic E-state index is 2.74. The zero-order chi connectivity index (χ0) is 64.8. The molecule has 6 heterocycles. The molecule has 0 bridgehead atoms. The topological polar surface area (TPSA) is 19.4 Å². The summed E-state index contributed by atoms with van der Waals surface area (Å²) in [5, 5.41) is 0. The van der Waals surface area contributed by atoms with Gasteiger partial charge in [0, 0.05) is 91.0 Å². The highest BCUT2D eigenvalue weighted by atomic mass is 15.2. The van der Waals surface area contributed by atoms with Crippen molar-refractivity contribution < 1.29 is 0 Å². The van der Waals surface area contributed by atoms with E-state index in [9.17, 15) is 0 Å². The first-order valence-electron chi connectivity index (χ1n) is 34.4. The summed E-state index contributed by atoms with van der Waals surface area (Å²) >= 11 is 0. The van der Waals surface area contributed by atoms with Gasteiger partial charge in [0.05, 0.1) is 11.4 Å². The van der Waals surface area contributed by atoms with Crippen molar-refractivity contribution in [3.63, 3.8) is 0 Å². The fraction of sp³-hybridized carbons (Fsp3) is 0. The van der Waals surface area contributed by atoms with Crippen molar-refractivity contribution in [1.29, 1.82) is 0 Å². The predicted molar refractivity (Wildman–Crippen MR) is 419 cm³/mol. The number of para-hydroxylation sites is 8. The van der Waals surface area contributed by atoms with Crippen LogP contribution >= 0.6 is 0 Å². The maximum Gasteiger partial charge on any atom is 0.252 e. The highest BCUT2D eigenvalue weighted by Crippen LogP contribution is 2.54. The van der Waals surface area contributed by atoms with Crippen molar-refractivity contribution in [2.45, 2.75) is 0 Å². The number of hydrogen-bond donors (Lipinski definition) is 0. The third kappa shape index (κ3) is 8.28. The maximum absolute atomic E-state index is 2.74. The fourth-order valence-corrected chi connectivity index (χ4v) is 17.6. The lowest BCUT2D eigenvalue weighted by Gasteiger charge is -2.53. The van der Waals surface area contributed by atoms with Gasteiger partial charge in [-0.3, -0.25) is 0 Å². The standard InChI is InChI=1S/C90H59B3N6/c1-9-29-60(30-10-1)62-49-51-74-80(53-62)98-84-57-70(94(64-33-13-3-14-34-64)65-35-15-4-16-36-65)55-82-86(84)92(72-45-25-27-47-78(72)96(82)68-41-21-7-22-42-68)76-59-77-90-88(89(76)98)91(74)75-52-50-63(61-31-11-2-12-32-61)54-81(75)99(90)85-58-71(95(66-37-17-5-18-38-66)67-39-19-6-20-40-67)56-83-87(85)93(77)73-46-26-28-48-79(73)97(83)69-43-23-8-24-44-69/h1-59H. The molecule has 0 radical (unpaired) electrons. The molecule has 0 aromatic heterocycles. The van der Waals surface area contributed by atoms with E-state index in [1.165, 1.54) is 106 Å². The fourth-order valence-electron chi connectivity index (χ4n) is 17.6. The van der Waals surface area contributed by atoms with Gasteiger partial charge in [-0.25, -0.2) is 0 Å². The molecule has 0 amide bonds. The van der Waals surface area contributed by atoms with Gasteiger partial charge in [0.15, 0.2) is 0 Å². The van der Waals surface area contributed by atoms with Crippen LogP contribution in [0.4, 0.5) is 102 Å². The van der Waals surface area contributed by atoms with E-state index in [0.29, 0.717) is 0 Å². The van der Waals surface area contributed by atoms with E-state index in [1.807, 2.05) is 0 Å². The molecule has 99 heavy (non-hydrogen) atoms. The Morgan fingerprint density at radius 2 is 0.475 bits per heavy atom. The van der Waals surface area contributed by atoms with Crippen LogP contribution in [0.15, 0.2) is 358 Å². The first-order chi connectivity index (χ1) is 49.2. The smallest absolute Gasteiger partial charge is 0.252 e. The van der Waals surface area contributed by atoms with E-state index in [1.54, 1.807) is 0 Å². The van der Waals surface area contributed by atoms with Crippen LogP contribution in [0.25, 0.3) is 22.3 Å². The van der Waals surface area contributed by atoms with Gasteiger partial charge >= 0.3 is 0 Å². The SMILES string of the molecule is c1ccc(-c2ccc3c(c2)N2c4cc(N(c5ccccc5)c5ccccc5)cc5c4B(c4ccccc4N5c4ccccc4)c4cc5c6c(c42)B3c2ccc(-c3ccccc3)cc2N6c2cc(N(c3ccccc3)c3ccccc3)cc3c2B5c2ccccc2N3c2ccccc2)cc1. The number of fused-ring (bicyclic) bond motifs is 14. The molecule has 9 heteroatoms. The van der Waals surface area contributed by atoms with Crippen molar-refractivity contribution in [3.05, 3.63) is 358 Å². The number of nitrogens with zero attached hydrogens (tertiary/aromatic N) is 6. The Bertz CT molecular complexity index is 5300. The molecule has 21 rings (SSSR count). The lowest BCUT2D eigenvalue weighted by Crippen LogP contribution is -2.72. The summed E-state index contributed by atoms with van der Waals surface area (Å²) in [6.45, 7) is -0.542. The van der Waals surface area contributed by atoms with Gasteiger partial charge < -0.3 is 29.4 Å². The third-order valence-corrected chi connectivity index (χ3v) is 21.5. The van der Waals surface area contributed by atoms with E-state index in [0.717, 1.165) is 68.2 Å². The molecule has 0 fully saturated rings. The average molecular weight is 1260 g/mol. The van der Waals surface area contributed by atoms with Crippen molar-refractivity contribution >= 4 is 172 Å². The molecular weight excluding hydrogens is 1200 g/mol. The molecule has 0 saturated carbocycles. The second-order valence-corrected chi connectivity index (χ2v) is 26.7. The van der Waals surface area contributed by atoms with E-state index >= 15 is 0 Å². The van der Waals surface area contributed by atoms with E-state index < -0.39 is 0 Å². The van der Waals surface area contributed by atoms with Gasteiger partial charge in [-0.15, -0.1) is 0 Å². The number of hydrogen-bond acceptors (Lipinski definition) is 6. The van der Waals surface area contributed by atoms with E-state index in [2.05, 4.69) is 387 Å².